The van der Waals surface area contributed by atoms with Gasteiger partial charge in [-0.2, -0.15) is 0 Å². The standard InChI is InChI=1S/C13H19N3O3/c1-3-4-5-9(2)15-13(19)16-11-6-10(12(17)18)7-14-8-11/h6-9H,3-5H2,1-2H3,(H,17,18)(H2,15,16,19). The fraction of sp³-hybridized carbons (Fsp3) is 0.462. The van der Waals surface area contributed by atoms with Crippen molar-refractivity contribution < 1.29 is 14.7 Å². The number of aromatic nitrogens is 1. The summed E-state index contributed by atoms with van der Waals surface area (Å²) in [6.45, 7) is 4.02. The zero-order chi connectivity index (χ0) is 14.3. The molecule has 6 nitrogen and oxygen atoms in total. The minimum atomic E-state index is -1.08. The molecule has 0 aliphatic heterocycles. The number of amides is 2. The van der Waals surface area contributed by atoms with Gasteiger partial charge in [0.25, 0.3) is 0 Å². The summed E-state index contributed by atoms with van der Waals surface area (Å²) >= 11 is 0. The van der Waals surface area contributed by atoms with Crippen molar-refractivity contribution in [1.29, 1.82) is 0 Å². The number of carbonyl (C=O) groups excluding carboxylic acids is 1. The molecule has 0 radical (unpaired) electrons. The molecule has 1 unspecified atom stereocenters. The molecule has 6 heteroatoms. The van der Waals surface area contributed by atoms with E-state index in [9.17, 15) is 9.59 Å². The summed E-state index contributed by atoms with van der Waals surface area (Å²) < 4.78 is 0. The maximum Gasteiger partial charge on any atom is 0.337 e. The lowest BCUT2D eigenvalue weighted by Crippen LogP contribution is -2.36. The van der Waals surface area contributed by atoms with Gasteiger partial charge in [-0.1, -0.05) is 19.8 Å². The number of rotatable bonds is 6. The molecule has 1 aromatic heterocycles. The molecule has 0 aliphatic carbocycles. The van der Waals surface area contributed by atoms with E-state index >= 15 is 0 Å². The van der Waals surface area contributed by atoms with Crippen molar-refractivity contribution in [3.05, 3.63) is 24.0 Å². The molecule has 0 saturated carbocycles. The van der Waals surface area contributed by atoms with Gasteiger partial charge in [-0.15, -0.1) is 0 Å². The van der Waals surface area contributed by atoms with E-state index in [2.05, 4.69) is 22.5 Å². The van der Waals surface area contributed by atoms with Crippen LogP contribution in [0.3, 0.4) is 0 Å². The first-order chi connectivity index (χ1) is 9.02. The van der Waals surface area contributed by atoms with Gasteiger partial charge in [0.15, 0.2) is 0 Å². The second-order valence-corrected chi connectivity index (χ2v) is 4.41. The van der Waals surface area contributed by atoms with Gasteiger partial charge in [-0.3, -0.25) is 4.98 Å². The number of urea groups is 1. The first kappa shape index (κ1) is 14.9. The van der Waals surface area contributed by atoms with Gasteiger partial charge < -0.3 is 15.7 Å². The summed E-state index contributed by atoms with van der Waals surface area (Å²) in [7, 11) is 0. The van der Waals surface area contributed by atoms with E-state index in [1.54, 1.807) is 0 Å². The Morgan fingerprint density at radius 3 is 2.79 bits per heavy atom. The molecule has 0 aromatic carbocycles. The van der Waals surface area contributed by atoms with Crippen LogP contribution in [0.5, 0.6) is 0 Å². The number of hydrogen-bond acceptors (Lipinski definition) is 3. The molecule has 2 amide bonds. The molecule has 0 fully saturated rings. The van der Waals surface area contributed by atoms with Crippen molar-refractivity contribution in [2.75, 3.05) is 5.32 Å². The molecular formula is C13H19N3O3. The smallest absolute Gasteiger partial charge is 0.337 e. The van der Waals surface area contributed by atoms with Crippen LogP contribution >= 0.6 is 0 Å². The highest BCUT2D eigenvalue weighted by Gasteiger charge is 2.09. The van der Waals surface area contributed by atoms with E-state index in [1.807, 2.05) is 6.92 Å². The number of anilines is 1. The molecule has 0 spiro atoms. The summed E-state index contributed by atoms with van der Waals surface area (Å²) in [6, 6.07) is 1.09. The molecule has 1 aromatic rings. The van der Waals surface area contributed by atoms with Gasteiger partial charge in [0.1, 0.15) is 0 Å². The lowest BCUT2D eigenvalue weighted by molar-refractivity contribution is 0.0696. The third-order valence-corrected chi connectivity index (χ3v) is 2.61. The number of carboxylic acids is 1. The SMILES string of the molecule is CCCCC(C)NC(=O)Nc1cncc(C(=O)O)c1. The Kier molecular flexibility index (Phi) is 5.78. The monoisotopic (exact) mass is 265 g/mol. The largest absolute Gasteiger partial charge is 0.478 e. The second kappa shape index (κ2) is 7.35. The van der Waals surface area contributed by atoms with Crippen molar-refractivity contribution in [3.63, 3.8) is 0 Å². The average molecular weight is 265 g/mol. The van der Waals surface area contributed by atoms with Crippen LogP contribution in [-0.2, 0) is 0 Å². The molecule has 1 heterocycles. The lowest BCUT2D eigenvalue weighted by Gasteiger charge is -2.14. The third-order valence-electron chi connectivity index (χ3n) is 2.61. The van der Waals surface area contributed by atoms with E-state index in [4.69, 9.17) is 5.11 Å². The third kappa shape index (κ3) is 5.37. The van der Waals surface area contributed by atoms with Crippen LogP contribution in [0.4, 0.5) is 10.5 Å². The maximum atomic E-state index is 11.7. The zero-order valence-corrected chi connectivity index (χ0v) is 11.1. The molecule has 1 atom stereocenters. The highest BCUT2D eigenvalue weighted by atomic mass is 16.4. The zero-order valence-electron chi connectivity index (χ0n) is 11.1. The number of nitrogens with one attached hydrogen (secondary N) is 2. The Morgan fingerprint density at radius 2 is 2.16 bits per heavy atom. The van der Waals surface area contributed by atoms with E-state index < -0.39 is 5.97 Å². The minimum Gasteiger partial charge on any atom is -0.478 e. The normalized spacial score (nSPS) is 11.7. The predicted molar refractivity (Wildman–Crippen MR) is 72.3 cm³/mol. The van der Waals surface area contributed by atoms with E-state index in [1.165, 1.54) is 18.5 Å². The summed E-state index contributed by atoms with van der Waals surface area (Å²) in [6.07, 6.45) is 5.69. The van der Waals surface area contributed by atoms with Crippen molar-refractivity contribution in [2.45, 2.75) is 39.2 Å². The van der Waals surface area contributed by atoms with Crippen LogP contribution in [0.15, 0.2) is 18.5 Å². The molecule has 3 N–H and O–H groups in total. The molecule has 0 aliphatic rings. The number of nitrogens with zero attached hydrogens (tertiary/aromatic N) is 1. The minimum absolute atomic E-state index is 0.0387. The van der Waals surface area contributed by atoms with Crippen LogP contribution in [0.1, 0.15) is 43.5 Å². The fourth-order valence-corrected chi connectivity index (χ4v) is 1.60. The fourth-order valence-electron chi connectivity index (χ4n) is 1.60. The highest BCUT2D eigenvalue weighted by molar-refractivity contribution is 5.92. The number of carbonyl (C=O) groups is 2. The topological polar surface area (TPSA) is 91.3 Å². The van der Waals surface area contributed by atoms with E-state index in [0.29, 0.717) is 5.69 Å². The van der Waals surface area contributed by atoms with E-state index in [0.717, 1.165) is 19.3 Å². The molecule has 0 saturated heterocycles. The summed E-state index contributed by atoms with van der Waals surface area (Å²) in [4.78, 5) is 26.2. The van der Waals surface area contributed by atoms with Crippen molar-refractivity contribution in [1.82, 2.24) is 10.3 Å². The van der Waals surface area contributed by atoms with Crippen molar-refractivity contribution in [3.8, 4) is 0 Å². The number of carboxylic acid groups (broad SMARTS) is 1. The van der Waals surface area contributed by atoms with Gasteiger partial charge in [0.2, 0.25) is 0 Å². The quantitative estimate of drug-likeness (QED) is 0.736. The predicted octanol–water partition coefficient (Wildman–Crippen LogP) is 2.48. The number of unbranched alkanes of at least 4 members (excludes halogenated alkanes) is 1. The van der Waals surface area contributed by atoms with Gasteiger partial charge in [0.05, 0.1) is 17.4 Å². The second-order valence-electron chi connectivity index (χ2n) is 4.41. The maximum absolute atomic E-state index is 11.7. The van der Waals surface area contributed by atoms with Crippen LogP contribution in [-0.4, -0.2) is 28.1 Å². The molecule has 0 bridgehead atoms. The van der Waals surface area contributed by atoms with Crippen LogP contribution < -0.4 is 10.6 Å². The molecular weight excluding hydrogens is 246 g/mol. The Balaban J connectivity index is 2.52. The van der Waals surface area contributed by atoms with Gasteiger partial charge in [-0.25, -0.2) is 9.59 Å². The average Bonchev–Trinajstić information content (AvgIpc) is 2.36. The van der Waals surface area contributed by atoms with Gasteiger partial charge in [0, 0.05) is 12.2 Å². The van der Waals surface area contributed by atoms with Crippen LogP contribution in [0, 0.1) is 0 Å². The Bertz CT molecular complexity index is 449. The lowest BCUT2D eigenvalue weighted by atomic mass is 10.1. The number of pyridine rings is 1. The first-order valence-electron chi connectivity index (χ1n) is 6.28. The summed E-state index contributed by atoms with van der Waals surface area (Å²) in [5.41, 5.74) is 0.400. The first-order valence-corrected chi connectivity index (χ1v) is 6.28. The van der Waals surface area contributed by atoms with Crippen molar-refractivity contribution >= 4 is 17.7 Å². The van der Waals surface area contributed by atoms with Gasteiger partial charge in [-0.05, 0) is 19.4 Å². The Morgan fingerprint density at radius 1 is 1.42 bits per heavy atom. The van der Waals surface area contributed by atoms with E-state index in [-0.39, 0.29) is 17.6 Å². The van der Waals surface area contributed by atoms with Crippen LogP contribution in [0.25, 0.3) is 0 Å². The van der Waals surface area contributed by atoms with Crippen LogP contribution in [0.2, 0.25) is 0 Å². The van der Waals surface area contributed by atoms with Crippen molar-refractivity contribution in [2.24, 2.45) is 0 Å². The number of aromatic carboxylic acids is 1. The molecule has 1 rings (SSSR count). The number of hydrogen-bond donors (Lipinski definition) is 3. The Hall–Kier alpha value is -2.11. The molecule has 104 valence electrons. The summed E-state index contributed by atoms with van der Waals surface area (Å²) in [5.74, 6) is -1.08. The highest BCUT2D eigenvalue weighted by Crippen LogP contribution is 2.08. The van der Waals surface area contributed by atoms with Gasteiger partial charge >= 0.3 is 12.0 Å². The Labute approximate surface area is 112 Å². The summed E-state index contributed by atoms with van der Waals surface area (Å²) in [5, 5.41) is 14.2. The molecule has 19 heavy (non-hydrogen) atoms.